The van der Waals surface area contributed by atoms with Crippen LogP contribution in [-0.2, 0) is 38.7 Å². The van der Waals surface area contributed by atoms with Crippen LogP contribution < -0.4 is 21.3 Å². The summed E-state index contributed by atoms with van der Waals surface area (Å²) in [6.07, 6.45) is 11.0. The molecule has 1 atom stereocenters. The molecule has 6 aliphatic rings. The number of nitrogens with one attached hydrogen (secondary N) is 4. The predicted octanol–water partition coefficient (Wildman–Crippen LogP) is 4.79. The highest BCUT2D eigenvalue weighted by Gasteiger charge is 2.52. The Morgan fingerprint density at radius 2 is 1.62 bits per heavy atom. The number of pyridine rings is 1. The number of anilines is 2. The third kappa shape index (κ3) is 10.1. The van der Waals surface area contributed by atoms with E-state index in [1.54, 1.807) is 40.2 Å². The predicted molar refractivity (Wildman–Crippen MR) is 258 cm³/mol. The monoisotopic (exact) mass is 985 g/mol. The molecule has 4 aromatic heterocycles. The minimum atomic E-state index is -1.03. The molecule has 71 heavy (non-hydrogen) atoms. The van der Waals surface area contributed by atoms with Crippen LogP contribution in [0.25, 0.3) is 27.5 Å². The summed E-state index contributed by atoms with van der Waals surface area (Å²) >= 11 is 1.64. The number of rotatable bonds is 20. The molecule has 1 aromatic carbocycles. The van der Waals surface area contributed by atoms with Crippen molar-refractivity contribution in [2.45, 2.75) is 93.7 Å². The van der Waals surface area contributed by atoms with E-state index in [-0.39, 0.29) is 59.9 Å². The topological polar surface area (TPSA) is 253 Å². The van der Waals surface area contributed by atoms with E-state index in [0.717, 1.165) is 94.4 Å². The number of ether oxygens (including phenoxy) is 4. The fourth-order valence-electron chi connectivity index (χ4n) is 10.4. The second-order valence-electron chi connectivity index (χ2n) is 18.8. The number of carbonyl (C=O) groups excluding carboxylic acids is 5. The summed E-state index contributed by atoms with van der Waals surface area (Å²) in [5.41, 5.74) is 5.29. The second-order valence-corrected chi connectivity index (χ2v) is 19.7. The van der Waals surface area contributed by atoms with Crippen molar-refractivity contribution in [3.05, 3.63) is 76.6 Å². The molecule has 1 unspecified atom stereocenters. The summed E-state index contributed by atoms with van der Waals surface area (Å²) < 4.78 is 24.5. The first-order valence-electron chi connectivity index (χ1n) is 24.3. The molecule has 2 bridgehead atoms. The molecule has 20 nitrogen and oxygen atoms in total. The lowest BCUT2D eigenvalue weighted by molar-refractivity contribution is -0.136. The van der Waals surface area contributed by atoms with E-state index in [4.69, 9.17) is 34.1 Å². The van der Waals surface area contributed by atoms with Gasteiger partial charge in [0.2, 0.25) is 17.7 Å². The van der Waals surface area contributed by atoms with Gasteiger partial charge in [0, 0.05) is 67.2 Å². The zero-order valence-corrected chi connectivity index (χ0v) is 40.0. The maximum Gasteiger partial charge on any atom is 0.264 e. The van der Waals surface area contributed by atoms with Gasteiger partial charge in [0.25, 0.3) is 11.8 Å². The lowest BCUT2D eigenvalue weighted by atomic mass is 9.57. The molecule has 5 aromatic rings. The van der Waals surface area contributed by atoms with Crippen LogP contribution in [0.3, 0.4) is 0 Å². The number of nitriles is 1. The number of hydrogen-bond donors (Lipinski definition) is 4. The molecule has 2 saturated heterocycles. The number of piperidine rings is 1. The van der Waals surface area contributed by atoms with Crippen LogP contribution in [0.2, 0.25) is 0 Å². The zero-order chi connectivity index (χ0) is 49.0. The molecule has 21 heteroatoms. The number of nitrogens with zero attached hydrogens (tertiary/aromatic N) is 7. The third-order valence-corrected chi connectivity index (χ3v) is 15.6. The Labute approximate surface area is 413 Å². The van der Waals surface area contributed by atoms with E-state index < -0.39 is 29.7 Å². The summed E-state index contributed by atoms with van der Waals surface area (Å²) in [5.74, 6) is -2.22. The lowest BCUT2D eigenvalue weighted by Gasteiger charge is -2.52. The van der Waals surface area contributed by atoms with Crippen LogP contribution in [0.5, 0.6) is 0 Å². The van der Waals surface area contributed by atoms with Crippen LogP contribution in [0, 0.1) is 11.3 Å². The largest absolute Gasteiger partial charge is 0.382 e. The highest BCUT2D eigenvalue weighted by molar-refractivity contribution is 7.14. The molecule has 3 saturated carbocycles. The minimum absolute atomic E-state index is 0.0139. The van der Waals surface area contributed by atoms with E-state index in [0.29, 0.717) is 64.0 Å². The van der Waals surface area contributed by atoms with E-state index in [9.17, 15) is 29.2 Å². The summed E-state index contributed by atoms with van der Waals surface area (Å²) in [6.45, 7) is 3.74. The van der Waals surface area contributed by atoms with Crippen molar-refractivity contribution in [2.24, 2.45) is 0 Å². The van der Waals surface area contributed by atoms with Crippen molar-refractivity contribution in [1.29, 1.82) is 5.26 Å². The number of fused-ring (bicyclic) bond motifs is 5. The zero-order valence-electron chi connectivity index (χ0n) is 39.2. The average Bonchev–Trinajstić information content (AvgIpc) is 4.12. The summed E-state index contributed by atoms with van der Waals surface area (Å²) in [6, 6.07) is 14.1. The highest BCUT2D eigenvalue weighted by Crippen LogP contribution is 2.55. The van der Waals surface area contributed by atoms with E-state index in [1.165, 1.54) is 0 Å². The van der Waals surface area contributed by atoms with Crippen LogP contribution in [0.15, 0.2) is 54.9 Å². The molecule has 370 valence electrons. The Morgan fingerprint density at radius 3 is 2.38 bits per heavy atom. The highest BCUT2D eigenvalue weighted by atomic mass is 32.1. The number of aromatic nitrogens is 5. The fourth-order valence-corrected chi connectivity index (χ4v) is 11.6. The summed E-state index contributed by atoms with van der Waals surface area (Å²) in [7, 11) is 0. The number of imide groups is 2. The number of carbonyl (C=O) groups is 5. The normalized spacial score (nSPS) is 22.1. The molecule has 11 rings (SSSR count). The fraction of sp³-hybridized carbons (Fsp3) is 0.480. The van der Waals surface area contributed by atoms with Gasteiger partial charge in [-0.15, -0.1) is 10.2 Å². The number of hydrogen-bond acceptors (Lipinski definition) is 17. The van der Waals surface area contributed by atoms with Crippen molar-refractivity contribution in [3.63, 3.8) is 0 Å². The van der Waals surface area contributed by atoms with E-state index >= 15 is 0 Å². The van der Waals surface area contributed by atoms with Gasteiger partial charge in [0.15, 0.2) is 5.01 Å². The maximum absolute atomic E-state index is 13.3. The van der Waals surface area contributed by atoms with E-state index in [2.05, 4.69) is 38.5 Å². The number of amides is 5. The Balaban J connectivity index is 0.634. The molecule has 5 fully saturated rings. The molecule has 7 heterocycles. The summed E-state index contributed by atoms with van der Waals surface area (Å²) in [4.78, 5) is 69.4. The first-order chi connectivity index (χ1) is 34.6. The molecule has 3 aliphatic carbocycles. The minimum Gasteiger partial charge on any atom is -0.382 e. The molecule has 5 amide bonds. The maximum atomic E-state index is 13.3. The van der Waals surface area contributed by atoms with Crippen LogP contribution in [0.4, 0.5) is 11.4 Å². The quantitative estimate of drug-likeness (QED) is 0.0604. The SMILES string of the molecule is N#Cc1cnn2c(-c3cc(NC4CCOCC4)c(-c4nnc(C56CCC(NC(=O)CCOCCOCCOCCNc7cccc8c7C(=O)N(C7CCC(=O)NC7=O)C8=O)(CC5)CC6)s4)cn3)ccc2c1. The standard InChI is InChI=1S/C50H55N11O9S/c51-28-31-26-33-4-5-39(61(33)54-29-31)38-27-37(55-32-8-18-67-19-9-32)35(30-53-38)45-58-59-48(71-45)49-11-14-50(15-12-49,16-13-49)57-42(63)10-20-68-22-24-70-25-23-69-21-17-52-36-3-1-2-34-43(36)47(66)60(46(34)65)40-6-7-41(62)56-44(40)64/h1-5,26-27,29-30,32,40,52H,6-25H2,(H,53,55)(H,57,63)(H,56,62,64). The van der Waals surface area contributed by atoms with Crippen molar-refractivity contribution in [2.75, 3.05) is 70.0 Å². The van der Waals surface area contributed by atoms with Crippen molar-refractivity contribution >= 4 is 57.8 Å². The van der Waals surface area contributed by atoms with Gasteiger partial charge >= 0.3 is 0 Å². The van der Waals surface area contributed by atoms with Crippen LogP contribution >= 0.6 is 11.3 Å². The van der Waals surface area contributed by atoms with Gasteiger partial charge in [-0.2, -0.15) is 10.4 Å². The van der Waals surface area contributed by atoms with Crippen LogP contribution in [-0.4, -0.2) is 136 Å². The van der Waals surface area contributed by atoms with Crippen molar-refractivity contribution in [1.82, 2.24) is 40.3 Å². The first-order valence-corrected chi connectivity index (χ1v) is 25.1. The van der Waals surface area contributed by atoms with Crippen LogP contribution in [0.1, 0.15) is 102 Å². The Morgan fingerprint density at radius 1 is 0.859 bits per heavy atom. The van der Waals surface area contributed by atoms with Crippen molar-refractivity contribution < 1.29 is 42.9 Å². The van der Waals surface area contributed by atoms with E-state index in [1.807, 2.05) is 24.4 Å². The smallest absolute Gasteiger partial charge is 0.264 e. The Hall–Kier alpha value is -6.70. The molecule has 0 radical (unpaired) electrons. The molecule has 3 aliphatic heterocycles. The molecular formula is C50H55N11O9S. The summed E-state index contributed by atoms with van der Waals surface area (Å²) in [5, 5.41) is 37.8. The molecule has 4 N–H and O–H groups in total. The number of benzene rings is 1. The average molecular weight is 986 g/mol. The van der Waals surface area contributed by atoms with Crippen molar-refractivity contribution in [3.8, 4) is 28.0 Å². The second kappa shape index (κ2) is 20.9. The van der Waals surface area contributed by atoms with Gasteiger partial charge in [-0.25, -0.2) is 4.52 Å². The van der Waals surface area contributed by atoms with Gasteiger partial charge < -0.3 is 34.9 Å². The lowest BCUT2D eigenvalue weighted by Crippen LogP contribution is -2.57. The Bertz CT molecular complexity index is 2870. The van der Waals surface area contributed by atoms with Gasteiger partial charge in [0.1, 0.15) is 17.1 Å². The molecular weight excluding hydrogens is 931 g/mol. The van der Waals surface area contributed by atoms with Gasteiger partial charge in [-0.1, -0.05) is 17.4 Å². The van der Waals surface area contributed by atoms with Gasteiger partial charge in [-0.05, 0) is 94.2 Å². The van der Waals surface area contributed by atoms with Gasteiger partial charge in [0.05, 0.1) is 85.0 Å². The first kappa shape index (κ1) is 48.0. The third-order valence-electron chi connectivity index (χ3n) is 14.4. The Kier molecular flexibility index (Phi) is 14.1. The van der Waals surface area contributed by atoms with Gasteiger partial charge in [-0.3, -0.25) is 39.2 Å². The molecule has 0 spiro atoms.